The summed E-state index contributed by atoms with van der Waals surface area (Å²) in [6.07, 6.45) is 0. The highest BCUT2D eigenvalue weighted by molar-refractivity contribution is 7.99. The lowest BCUT2D eigenvalue weighted by molar-refractivity contribution is -0.113. The van der Waals surface area contributed by atoms with Gasteiger partial charge in [-0.1, -0.05) is 24.3 Å². The summed E-state index contributed by atoms with van der Waals surface area (Å²) in [5.41, 5.74) is 2.45. The molecule has 0 saturated heterocycles. The number of methoxy groups -OCH3 is 2. The molecule has 122 valence electrons. The Morgan fingerprint density at radius 2 is 1.83 bits per heavy atom. The Labute approximate surface area is 139 Å². The van der Waals surface area contributed by atoms with E-state index in [1.807, 2.05) is 12.1 Å². The van der Waals surface area contributed by atoms with Crippen LogP contribution in [0.1, 0.15) is 11.1 Å². The largest absolute Gasteiger partial charge is 0.481 e. The van der Waals surface area contributed by atoms with Crippen molar-refractivity contribution in [2.75, 3.05) is 25.3 Å². The van der Waals surface area contributed by atoms with Crippen molar-refractivity contribution in [2.45, 2.75) is 12.7 Å². The second kappa shape index (κ2) is 8.38. The fraction of sp³-hybridized carbons (Fsp3) is 0.312. The van der Waals surface area contributed by atoms with Crippen LogP contribution in [0.2, 0.25) is 0 Å². The normalized spacial score (nSPS) is 10.2. The van der Waals surface area contributed by atoms with E-state index in [4.69, 9.17) is 9.47 Å². The quantitative estimate of drug-likeness (QED) is 0.840. The number of benzene rings is 1. The molecule has 0 bridgehead atoms. The molecule has 2 aromatic rings. The topological polar surface area (TPSA) is 73.3 Å². The van der Waals surface area contributed by atoms with E-state index in [2.05, 4.69) is 34.3 Å². The van der Waals surface area contributed by atoms with Crippen LogP contribution in [0, 0.1) is 6.92 Å². The molecule has 0 aliphatic rings. The number of nitrogens with one attached hydrogen (secondary N) is 1. The van der Waals surface area contributed by atoms with Crippen molar-refractivity contribution in [2.24, 2.45) is 0 Å². The molecule has 1 aromatic heterocycles. The van der Waals surface area contributed by atoms with Crippen molar-refractivity contribution < 1.29 is 14.3 Å². The van der Waals surface area contributed by atoms with Gasteiger partial charge in [0.2, 0.25) is 23.6 Å². The molecule has 23 heavy (non-hydrogen) atoms. The highest BCUT2D eigenvalue weighted by Crippen LogP contribution is 2.18. The summed E-state index contributed by atoms with van der Waals surface area (Å²) in [6, 6.07) is 9.67. The van der Waals surface area contributed by atoms with Gasteiger partial charge in [-0.25, -0.2) is 0 Å². The number of aryl methyl sites for hydroxylation is 1. The molecule has 1 aromatic carbocycles. The van der Waals surface area contributed by atoms with Crippen molar-refractivity contribution in [3.05, 3.63) is 41.5 Å². The molecule has 2 rings (SSSR count). The maximum Gasteiger partial charge on any atom is 0.236 e. The molecule has 1 amide bonds. The number of hydrogen-bond donors (Lipinski definition) is 1. The maximum atomic E-state index is 12.0. The van der Waals surface area contributed by atoms with Gasteiger partial charge < -0.3 is 9.47 Å². The minimum atomic E-state index is -0.168. The lowest BCUT2D eigenvalue weighted by Gasteiger charge is -2.08. The smallest absolute Gasteiger partial charge is 0.236 e. The van der Waals surface area contributed by atoms with Gasteiger partial charge in [-0.05, 0) is 18.1 Å². The van der Waals surface area contributed by atoms with Crippen molar-refractivity contribution in [3.63, 3.8) is 0 Å². The van der Waals surface area contributed by atoms with Crippen LogP contribution in [-0.4, -0.2) is 35.8 Å². The second-order valence-corrected chi connectivity index (χ2v) is 5.73. The predicted octanol–water partition coefficient (Wildman–Crippen LogP) is 2.67. The standard InChI is InChI=1S/C16H19N3O3S/c1-11-6-4-5-7-12(11)9-23-10-13(20)17-16-18-14(21-2)8-15(19-16)22-3/h4-8H,9-10H2,1-3H3,(H,17,18,19,20). The van der Waals surface area contributed by atoms with Crippen LogP contribution in [0.15, 0.2) is 30.3 Å². The van der Waals surface area contributed by atoms with Crippen molar-refractivity contribution in [1.82, 2.24) is 9.97 Å². The number of carbonyl (C=O) groups excluding carboxylic acids is 1. The average Bonchev–Trinajstić information content (AvgIpc) is 2.56. The first-order valence-electron chi connectivity index (χ1n) is 7.01. The molecule has 0 radical (unpaired) electrons. The zero-order valence-electron chi connectivity index (χ0n) is 13.3. The van der Waals surface area contributed by atoms with Gasteiger partial charge in [0.15, 0.2) is 0 Å². The molecule has 0 spiro atoms. The van der Waals surface area contributed by atoms with E-state index in [9.17, 15) is 4.79 Å². The number of rotatable bonds is 7. The van der Waals surface area contributed by atoms with Crippen LogP contribution in [0.5, 0.6) is 11.8 Å². The molecule has 7 heteroatoms. The minimum absolute atomic E-state index is 0.168. The summed E-state index contributed by atoms with van der Waals surface area (Å²) in [5.74, 6) is 1.76. The summed E-state index contributed by atoms with van der Waals surface area (Å²) in [5, 5.41) is 2.65. The van der Waals surface area contributed by atoms with E-state index in [-0.39, 0.29) is 11.9 Å². The number of thioether (sulfide) groups is 1. The summed E-state index contributed by atoms with van der Waals surface area (Å²) in [4.78, 5) is 20.1. The first-order valence-corrected chi connectivity index (χ1v) is 8.17. The van der Waals surface area contributed by atoms with E-state index in [1.165, 1.54) is 37.1 Å². The summed E-state index contributed by atoms with van der Waals surface area (Å²) in [7, 11) is 2.98. The zero-order valence-corrected chi connectivity index (χ0v) is 14.1. The minimum Gasteiger partial charge on any atom is -0.481 e. The molecule has 0 saturated carbocycles. The van der Waals surface area contributed by atoms with Crippen LogP contribution in [0.4, 0.5) is 5.95 Å². The number of hydrogen-bond acceptors (Lipinski definition) is 6. The predicted molar refractivity (Wildman–Crippen MR) is 91.1 cm³/mol. The first-order chi connectivity index (χ1) is 11.1. The van der Waals surface area contributed by atoms with E-state index < -0.39 is 0 Å². The number of anilines is 1. The van der Waals surface area contributed by atoms with Crippen LogP contribution in [0.25, 0.3) is 0 Å². The number of amides is 1. The first kappa shape index (κ1) is 17.1. The molecule has 0 aliphatic carbocycles. The lowest BCUT2D eigenvalue weighted by atomic mass is 10.1. The van der Waals surface area contributed by atoms with Gasteiger partial charge in [-0.3, -0.25) is 10.1 Å². The average molecular weight is 333 g/mol. The highest BCUT2D eigenvalue weighted by Gasteiger charge is 2.09. The molecular formula is C16H19N3O3S. The van der Waals surface area contributed by atoms with Crippen molar-refractivity contribution >= 4 is 23.6 Å². The Kier molecular flexibility index (Phi) is 6.22. The zero-order chi connectivity index (χ0) is 16.7. The van der Waals surface area contributed by atoms with Gasteiger partial charge in [0.1, 0.15) is 0 Å². The molecule has 0 fully saturated rings. The van der Waals surface area contributed by atoms with E-state index in [0.717, 1.165) is 5.75 Å². The Morgan fingerprint density at radius 1 is 1.17 bits per heavy atom. The van der Waals surface area contributed by atoms with Crippen molar-refractivity contribution in [3.8, 4) is 11.8 Å². The van der Waals surface area contributed by atoms with Gasteiger partial charge in [-0.2, -0.15) is 9.97 Å². The Morgan fingerprint density at radius 3 is 2.43 bits per heavy atom. The highest BCUT2D eigenvalue weighted by atomic mass is 32.2. The lowest BCUT2D eigenvalue weighted by Crippen LogP contribution is -2.16. The maximum absolute atomic E-state index is 12.0. The SMILES string of the molecule is COc1cc(OC)nc(NC(=O)CSCc2ccccc2C)n1. The summed E-state index contributed by atoms with van der Waals surface area (Å²) in [6.45, 7) is 2.06. The van der Waals surface area contributed by atoms with Crippen LogP contribution >= 0.6 is 11.8 Å². The fourth-order valence-electron chi connectivity index (χ4n) is 1.86. The third-order valence-electron chi connectivity index (χ3n) is 3.10. The van der Waals surface area contributed by atoms with Gasteiger partial charge in [0, 0.05) is 5.75 Å². The van der Waals surface area contributed by atoms with Gasteiger partial charge in [0.25, 0.3) is 0 Å². The van der Waals surface area contributed by atoms with E-state index >= 15 is 0 Å². The number of ether oxygens (including phenoxy) is 2. The number of aromatic nitrogens is 2. The monoisotopic (exact) mass is 333 g/mol. The third-order valence-corrected chi connectivity index (χ3v) is 4.08. The Hall–Kier alpha value is -2.28. The molecule has 0 aliphatic heterocycles. The summed E-state index contributed by atoms with van der Waals surface area (Å²) >= 11 is 1.54. The van der Waals surface area contributed by atoms with Crippen LogP contribution in [-0.2, 0) is 10.5 Å². The van der Waals surface area contributed by atoms with Gasteiger partial charge in [0.05, 0.1) is 26.0 Å². The van der Waals surface area contributed by atoms with Gasteiger partial charge in [-0.15, -0.1) is 11.8 Å². The molecular weight excluding hydrogens is 314 g/mol. The molecule has 6 nitrogen and oxygen atoms in total. The van der Waals surface area contributed by atoms with E-state index in [1.54, 1.807) is 6.07 Å². The third kappa shape index (κ3) is 5.14. The molecule has 1 heterocycles. The van der Waals surface area contributed by atoms with Crippen LogP contribution < -0.4 is 14.8 Å². The molecule has 1 N–H and O–H groups in total. The Balaban J connectivity index is 1.88. The van der Waals surface area contributed by atoms with E-state index in [0.29, 0.717) is 17.5 Å². The summed E-state index contributed by atoms with van der Waals surface area (Å²) < 4.78 is 10.1. The number of carbonyl (C=O) groups is 1. The Bertz CT molecular complexity index is 657. The molecule has 0 atom stereocenters. The van der Waals surface area contributed by atoms with Crippen molar-refractivity contribution in [1.29, 1.82) is 0 Å². The number of nitrogens with zero attached hydrogens (tertiary/aromatic N) is 2. The van der Waals surface area contributed by atoms with Crippen LogP contribution in [0.3, 0.4) is 0 Å². The fourth-order valence-corrected chi connectivity index (χ4v) is 2.76. The molecule has 0 unspecified atom stereocenters. The van der Waals surface area contributed by atoms with Gasteiger partial charge >= 0.3 is 0 Å². The second-order valence-electron chi connectivity index (χ2n) is 4.74.